The average molecular weight is 505 g/mol. The van der Waals surface area contributed by atoms with Crippen molar-refractivity contribution in [3.05, 3.63) is 38.7 Å². The van der Waals surface area contributed by atoms with Crippen molar-refractivity contribution in [1.82, 2.24) is 24.9 Å². The van der Waals surface area contributed by atoms with E-state index in [1.165, 1.54) is 6.42 Å². The van der Waals surface area contributed by atoms with Crippen molar-refractivity contribution in [3.8, 4) is 0 Å². The number of nitrogens with one attached hydrogen (secondary N) is 1. The number of hydrogen-bond acceptors (Lipinski definition) is 5. The molecule has 32 heavy (non-hydrogen) atoms. The number of carbonyl (C=O) groups is 1. The van der Waals surface area contributed by atoms with Crippen LogP contribution < -0.4 is 5.32 Å². The number of aryl methyl sites for hydroxylation is 2. The van der Waals surface area contributed by atoms with E-state index in [0.29, 0.717) is 29.3 Å². The van der Waals surface area contributed by atoms with Crippen LogP contribution in [-0.4, -0.2) is 36.9 Å². The Morgan fingerprint density at radius 1 is 1.34 bits per heavy atom. The Hall–Kier alpha value is -2.23. The Kier molecular flexibility index (Phi) is 5.38. The van der Waals surface area contributed by atoms with Crippen LogP contribution in [0, 0.1) is 34.3 Å². The maximum Gasteiger partial charge on any atom is 0.404 e. The van der Waals surface area contributed by atoms with E-state index in [9.17, 15) is 14.9 Å². The van der Waals surface area contributed by atoms with Gasteiger partial charge >= 0.3 is 5.82 Å². The minimum absolute atomic E-state index is 0.0278. The van der Waals surface area contributed by atoms with E-state index < -0.39 is 4.92 Å². The van der Waals surface area contributed by atoms with Gasteiger partial charge in [0.15, 0.2) is 0 Å². The summed E-state index contributed by atoms with van der Waals surface area (Å²) in [6.07, 6.45) is 11.2. The summed E-state index contributed by atoms with van der Waals surface area (Å²) >= 11 is 3.31. The van der Waals surface area contributed by atoms with Crippen molar-refractivity contribution in [2.24, 2.45) is 17.3 Å². The van der Waals surface area contributed by atoms with Crippen LogP contribution in [0.25, 0.3) is 0 Å². The van der Waals surface area contributed by atoms with Gasteiger partial charge in [0.05, 0.1) is 16.8 Å². The molecule has 6 rings (SSSR count). The molecule has 0 radical (unpaired) electrons. The summed E-state index contributed by atoms with van der Waals surface area (Å²) in [5.41, 5.74) is 0.888. The van der Waals surface area contributed by atoms with Gasteiger partial charge in [-0.05, 0) is 96.0 Å². The Labute approximate surface area is 195 Å². The van der Waals surface area contributed by atoms with Crippen LogP contribution in [0.1, 0.15) is 57.1 Å². The summed E-state index contributed by atoms with van der Waals surface area (Å²) in [7, 11) is 0. The predicted molar refractivity (Wildman–Crippen MR) is 121 cm³/mol. The van der Waals surface area contributed by atoms with Gasteiger partial charge in [0.2, 0.25) is 5.91 Å². The van der Waals surface area contributed by atoms with Gasteiger partial charge in [0.25, 0.3) is 0 Å². The van der Waals surface area contributed by atoms with Crippen molar-refractivity contribution in [1.29, 1.82) is 0 Å². The molecular weight excluding hydrogens is 476 g/mol. The first-order chi connectivity index (χ1) is 15.3. The van der Waals surface area contributed by atoms with Crippen LogP contribution in [0.2, 0.25) is 0 Å². The number of nitro groups is 1. The molecule has 2 aromatic heterocycles. The van der Waals surface area contributed by atoms with Crippen LogP contribution in [0.5, 0.6) is 0 Å². The summed E-state index contributed by atoms with van der Waals surface area (Å²) in [5, 5.41) is 23.1. The Bertz CT molecular complexity index is 1030. The predicted octanol–water partition coefficient (Wildman–Crippen LogP) is 3.95. The number of rotatable bonds is 8. The molecule has 2 unspecified atom stereocenters. The zero-order valence-electron chi connectivity index (χ0n) is 18.3. The van der Waals surface area contributed by atoms with E-state index in [1.807, 2.05) is 22.4 Å². The van der Waals surface area contributed by atoms with Crippen LogP contribution in [-0.2, 0) is 16.9 Å². The third kappa shape index (κ3) is 3.86. The van der Waals surface area contributed by atoms with E-state index in [0.717, 1.165) is 50.8 Å². The molecule has 4 aliphatic carbocycles. The van der Waals surface area contributed by atoms with Gasteiger partial charge in [0, 0.05) is 31.4 Å². The van der Waals surface area contributed by atoms with Gasteiger partial charge < -0.3 is 15.4 Å². The molecule has 1 amide bonds. The summed E-state index contributed by atoms with van der Waals surface area (Å²) in [5.74, 6) is 1.12. The average Bonchev–Trinajstić information content (AvgIpc) is 3.29. The number of carbonyl (C=O) groups excluding carboxylic acids is 1. The minimum Gasteiger partial charge on any atom is -0.358 e. The molecule has 2 heterocycles. The smallest absolute Gasteiger partial charge is 0.358 e. The van der Waals surface area contributed by atoms with Crippen molar-refractivity contribution in [3.63, 3.8) is 0 Å². The molecule has 0 aliphatic heterocycles. The number of aromatic nitrogens is 4. The molecule has 0 saturated heterocycles. The van der Waals surface area contributed by atoms with E-state index in [-0.39, 0.29) is 22.7 Å². The fourth-order valence-corrected chi connectivity index (χ4v) is 7.50. The monoisotopic (exact) mass is 504 g/mol. The molecule has 2 aromatic rings. The maximum absolute atomic E-state index is 12.9. The van der Waals surface area contributed by atoms with E-state index in [2.05, 4.69) is 31.4 Å². The first kappa shape index (κ1) is 21.6. The molecule has 2 atom stereocenters. The summed E-state index contributed by atoms with van der Waals surface area (Å²) in [6.45, 7) is 3.47. The standard InChI is InChI=1S/C22H29BrN6O3/c1-15-3-5-25-27(15)6-2-4-24-19(30)12-21-8-16-7-17(9-21)11-22(10-16,14-21)28-13-18(23)20(26-28)29(31)32/h3,5,13,16-17H,2,4,6-12,14H2,1H3,(H,24,30). The molecule has 10 heteroatoms. The Morgan fingerprint density at radius 2 is 2.09 bits per heavy atom. The lowest BCUT2D eigenvalue weighted by molar-refractivity contribution is -0.390. The Morgan fingerprint density at radius 3 is 2.72 bits per heavy atom. The van der Waals surface area contributed by atoms with Gasteiger partial charge in [0.1, 0.15) is 4.47 Å². The second-order valence-electron chi connectivity index (χ2n) is 10.3. The number of amides is 1. The molecule has 0 spiro atoms. The highest BCUT2D eigenvalue weighted by Crippen LogP contribution is 2.65. The summed E-state index contributed by atoms with van der Waals surface area (Å²) in [6, 6.07) is 1.98. The number of halogens is 1. The minimum atomic E-state index is -0.435. The maximum atomic E-state index is 12.9. The fraction of sp³-hybridized carbons (Fsp3) is 0.682. The lowest BCUT2D eigenvalue weighted by Crippen LogP contribution is -2.57. The second-order valence-corrected chi connectivity index (χ2v) is 11.1. The van der Waals surface area contributed by atoms with Gasteiger partial charge in [-0.15, -0.1) is 0 Å². The van der Waals surface area contributed by atoms with Gasteiger partial charge in [-0.25, -0.2) is 0 Å². The van der Waals surface area contributed by atoms with Crippen LogP contribution >= 0.6 is 15.9 Å². The largest absolute Gasteiger partial charge is 0.404 e. The fourth-order valence-electron chi connectivity index (χ4n) is 7.08. The zero-order chi connectivity index (χ0) is 22.5. The second kappa shape index (κ2) is 7.97. The van der Waals surface area contributed by atoms with E-state index >= 15 is 0 Å². The molecule has 4 aliphatic rings. The molecule has 9 nitrogen and oxygen atoms in total. The van der Waals surface area contributed by atoms with Gasteiger partial charge in [-0.2, -0.15) is 9.78 Å². The molecule has 0 aromatic carbocycles. The lowest BCUT2D eigenvalue weighted by Gasteiger charge is -2.61. The van der Waals surface area contributed by atoms with Crippen molar-refractivity contribution >= 4 is 27.7 Å². The van der Waals surface area contributed by atoms with Crippen molar-refractivity contribution in [2.45, 2.75) is 70.4 Å². The first-order valence-corrected chi connectivity index (χ1v) is 12.2. The quantitative estimate of drug-likeness (QED) is 0.332. The Balaban J connectivity index is 1.25. The number of hydrogen-bond donors (Lipinski definition) is 1. The highest BCUT2D eigenvalue weighted by atomic mass is 79.9. The van der Waals surface area contributed by atoms with E-state index in [4.69, 9.17) is 0 Å². The molecule has 172 valence electrons. The topological polar surface area (TPSA) is 108 Å². The van der Waals surface area contributed by atoms with Crippen LogP contribution in [0.3, 0.4) is 0 Å². The molecule has 1 N–H and O–H groups in total. The number of nitrogens with zero attached hydrogens (tertiary/aromatic N) is 5. The van der Waals surface area contributed by atoms with E-state index in [1.54, 1.807) is 12.4 Å². The van der Waals surface area contributed by atoms with Crippen LogP contribution in [0.4, 0.5) is 5.82 Å². The summed E-state index contributed by atoms with van der Waals surface area (Å²) < 4.78 is 4.24. The third-order valence-corrected chi connectivity index (χ3v) is 8.35. The highest BCUT2D eigenvalue weighted by Gasteiger charge is 2.60. The highest BCUT2D eigenvalue weighted by molar-refractivity contribution is 9.10. The lowest BCUT2D eigenvalue weighted by atomic mass is 9.46. The SMILES string of the molecule is Cc1ccnn1CCCNC(=O)CC12CC3CC(C1)CC(n1cc(Br)c([N+](=O)[O-])n1)(C3)C2. The zero-order valence-corrected chi connectivity index (χ0v) is 19.9. The van der Waals surface area contributed by atoms with Crippen molar-refractivity contribution < 1.29 is 9.72 Å². The normalized spacial score (nSPS) is 30.6. The molecule has 4 fully saturated rings. The third-order valence-electron chi connectivity index (χ3n) is 7.80. The van der Waals surface area contributed by atoms with Gasteiger partial charge in [-0.1, -0.05) is 0 Å². The molecular formula is C22H29BrN6O3. The van der Waals surface area contributed by atoms with Crippen molar-refractivity contribution in [2.75, 3.05) is 6.54 Å². The van der Waals surface area contributed by atoms with Crippen LogP contribution in [0.15, 0.2) is 22.9 Å². The molecule has 4 bridgehead atoms. The molecule has 4 saturated carbocycles. The first-order valence-electron chi connectivity index (χ1n) is 11.4. The van der Waals surface area contributed by atoms with Gasteiger partial charge in [-0.3, -0.25) is 9.48 Å². The summed E-state index contributed by atoms with van der Waals surface area (Å²) in [4.78, 5) is 23.8.